The predicted molar refractivity (Wildman–Crippen MR) is 84.0 cm³/mol. The van der Waals surface area contributed by atoms with Gasteiger partial charge in [0.25, 0.3) is 0 Å². The van der Waals surface area contributed by atoms with Gasteiger partial charge in [-0.1, -0.05) is 25.3 Å². The molecule has 0 saturated heterocycles. The van der Waals surface area contributed by atoms with Crippen LogP contribution >= 0.6 is 0 Å². The van der Waals surface area contributed by atoms with Gasteiger partial charge in [-0.15, -0.1) is 5.10 Å². The third-order valence-electron chi connectivity index (χ3n) is 4.53. The van der Waals surface area contributed by atoms with Gasteiger partial charge in [0.2, 0.25) is 5.91 Å². The van der Waals surface area contributed by atoms with E-state index in [1.807, 2.05) is 18.2 Å². The van der Waals surface area contributed by atoms with Gasteiger partial charge in [-0.2, -0.15) is 0 Å². The number of hydrogen-bond donors (Lipinski definition) is 1. The van der Waals surface area contributed by atoms with E-state index in [4.69, 9.17) is 0 Å². The van der Waals surface area contributed by atoms with Gasteiger partial charge in [-0.05, 0) is 40.8 Å². The van der Waals surface area contributed by atoms with E-state index in [1.54, 1.807) is 17.2 Å². The predicted octanol–water partition coefficient (Wildman–Crippen LogP) is 1.73. The molecule has 0 bridgehead atoms. The molecular formula is C16H22N6O. The van der Waals surface area contributed by atoms with Crippen molar-refractivity contribution in [2.45, 2.75) is 51.6 Å². The molecule has 1 aliphatic rings. The molecule has 0 radical (unpaired) electrons. The first-order valence-electron chi connectivity index (χ1n) is 8.13. The summed E-state index contributed by atoms with van der Waals surface area (Å²) < 4.78 is 1.75. The molecular weight excluding hydrogens is 292 g/mol. The minimum Gasteiger partial charge on any atom is -0.350 e. The zero-order valence-electron chi connectivity index (χ0n) is 13.2. The van der Waals surface area contributed by atoms with Gasteiger partial charge in [0.1, 0.15) is 6.33 Å². The number of nitrogens with zero attached hydrogens (tertiary/aromatic N) is 5. The molecule has 1 amide bonds. The molecule has 2 aromatic heterocycles. The Morgan fingerprint density at radius 3 is 2.83 bits per heavy atom. The second-order valence-corrected chi connectivity index (χ2v) is 6.34. The van der Waals surface area contributed by atoms with E-state index >= 15 is 0 Å². The molecule has 3 rings (SSSR count). The van der Waals surface area contributed by atoms with Gasteiger partial charge in [-0.25, -0.2) is 4.68 Å². The second-order valence-electron chi connectivity index (χ2n) is 6.34. The summed E-state index contributed by atoms with van der Waals surface area (Å²) in [5.74, 6) is 0.0747. The Balaban J connectivity index is 1.60. The molecule has 23 heavy (non-hydrogen) atoms. The SMILES string of the molecule is O=C(CC1(Cn2cnnn2)CCCCC1)NCc1ccccn1. The van der Waals surface area contributed by atoms with Crippen LogP contribution in [0.25, 0.3) is 0 Å². The van der Waals surface area contributed by atoms with Crippen molar-refractivity contribution in [1.29, 1.82) is 0 Å². The van der Waals surface area contributed by atoms with Crippen LogP contribution in [0.2, 0.25) is 0 Å². The molecule has 7 heteroatoms. The Bertz CT molecular complexity index is 607. The van der Waals surface area contributed by atoms with Crippen LogP contribution in [0.3, 0.4) is 0 Å². The van der Waals surface area contributed by atoms with Crippen molar-refractivity contribution in [1.82, 2.24) is 30.5 Å². The van der Waals surface area contributed by atoms with Crippen molar-refractivity contribution in [3.8, 4) is 0 Å². The number of amides is 1. The third-order valence-corrected chi connectivity index (χ3v) is 4.53. The monoisotopic (exact) mass is 314 g/mol. The van der Waals surface area contributed by atoms with E-state index in [-0.39, 0.29) is 11.3 Å². The van der Waals surface area contributed by atoms with Gasteiger partial charge in [0.05, 0.1) is 18.8 Å². The Labute approximate surface area is 135 Å². The fraction of sp³-hybridized carbons (Fsp3) is 0.562. The Hall–Kier alpha value is -2.31. The van der Waals surface area contributed by atoms with Gasteiger partial charge >= 0.3 is 0 Å². The first kappa shape index (κ1) is 15.6. The van der Waals surface area contributed by atoms with Crippen LogP contribution in [0.4, 0.5) is 0 Å². The molecule has 0 aliphatic heterocycles. The highest BCUT2D eigenvalue weighted by Gasteiger charge is 2.35. The summed E-state index contributed by atoms with van der Waals surface area (Å²) in [4.78, 5) is 16.6. The molecule has 7 nitrogen and oxygen atoms in total. The van der Waals surface area contributed by atoms with E-state index in [1.165, 1.54) is 6.42 Å². The molecule has 1 N–H and O–H groups in total. The Morgan fingerprint density at radius 1 is 1.26 bits per heavy atom. The fourth-order valence-corrected chi connectivity index (χ4v) is 3.38. The molecule has 2 heterocycles. The lowest BCUT2D eigenvalue weighted by Crippen LogP contribution is -2.36. The highest BCUT2D eigenvalue weighted by molar-refractivity contribution is 5.76. The molecule has 2 aromatic rings. The van der Waals surface area contributed by atoms with E-state index < -0.39 is 0 Å². The van der Waals surface area contributed by atoms with Crippen LogP contribution in [-0.2, 0) is 17.9 Å². The molecule has 0 atom stereocenters. The topological polar surface area (TPSA) is 85.6 Å². The van der Waals surface area contributed by atoms with Crippen molar-refractivity contribution in [2.24, 2.45) is 5.41 Å². The van der Waals surface area contributed by atoms with Gasteiger partial charge < -0.3 is 5.32 Å². The second kappa shape index (κ2) is 7.30. The average Bonchev–Trinajstić information content (AvgIpc) is 3.07. The summed E-state index contributed by atoms with van der Waals surface area (Å²) in [6.45, 7) is 1.18. The summed E-state index contributed by atoms with van der Waals surface area (Å²) in [5, 5.41) is 14.4. The van der Waals surface area contributed by atoms with Crippen LogP contribution < -0.4 is 5.32 Å². The van der Waals surface area contributed by atoms with Crippen LogP contribution in [0.5, 0.6) is 0 Å². The third kappa shape index (κ3) is 4.34. The van der Waals surface area contributed by atoms with Crippen LogP contribution in [0.15, 0.2) is 30.7 Å². The number of tetrazole rings is 1. The molecule has 0 spiro atoms. The van der Waals surface area contributed by atoms with Crippen molar-refractivity contribution < 1.29 is 4.79 Å². The summed E-state index contributed by atoms with van der Waals surface area (Å²) in [7, 11) is 0. The van der Waals surface area contributed by atoms with Gasteiger partial charge in [0, 0.05) is 12.6 Å². The number of aromatic nitrogens is 5. The number of rotatable bonds is 6. The van der Waals surface area contributed by atoms with E-state index in [2.05, 4.69) is 25.8 Å². The number of carbonyl (C=O) groups excluding carboxylic acids is 1. The smallest absolute Gasteiger partial charge is 0.220 e. The molecule has 0 unspecified atom stereocenters. The maximum Gasteiger partial charge on any atom is 0.220 e. The average molecular weight is 314 g/mol. The lowest BCUT2D eigenvalue weighted by Gasteiger charge is -2.36. The minimum atomic E-state index is -0.0399. The number of nitrogens with one attached hydrogen (secondary N) is 1. The van der Waals surface area contributed by atoms with Crippen molar-refractivity contribution >= 4 is 5.91 Å². The molecule has 0 aromatic carbocycles. The Kier molecular flexibility index (Phi) is 4.95. The largest absolute Gasteiger partial charge is 0.350 e. The van der Waals surface area contributed by atoms with Gasteiger partial charge in [-0.3, -0.25) is 9.78 Å². The minimum absolute atomic E-state index is 0.0399. The highest BCUT2D eigenvalue weighted by Crippen LogP contribution is 2.40. The first-order valence-corrected chi connectivity index (χ1v) is 8.13. The van der Waals surface area contributed by atoms with Gasteiger partial charge in [0.15, 0.2) is 0 Å². The van der Waals surface area contributed by atoms with Crippen LogP contribution in [0, 0.1) is 5.41 Å². The summed E-state index contributed by atoms with van der Waals surface area (Å²) in [6.07, 6.45) is 9.54. The fourth-order valence-electron chi connectivity index (χ4n) is 3.38. The standard InChI is InChI=1S/C16H22N6O/c23-15(18-11-14-6-2-5-9-17-14)10-16(7-3-1-4-8-16)12-22-13-19-20-21-22/h2,5-6,9,13H,1,3-4,7-8,10-12H2,(H,18,23). The maximum atomic E-state index is 12.4. The molecule has 122 valence electrons. The zero-order valence-corrected chi connectivity index (χ0v) is 13.2. The summed E-state index contributed by atoms with van der Waals surface area (Å²) >= 11 is 0. The first-order chi connectivity index (χ1) is 11.3. The Morgan fingerprint density at radius 2 is 2.13 bits per heavy atom. The maximum absolute atomic E-state index is 12.4. The number of hydrogen-bond acceptors (Lipinski definition) is 5. The van der Waals surface area contributed by atoms with E-state index in [0.29, 0.717) is 19.5 Å². The van der Waals surface area contributed by atoms with Crippen molar-refractivity contribution in [2.75, 3.05) is 0 Å². The highest BCUT2D eigenvalue weighted by atomic mass is 16.1. The number of pyridine rings is 1. The van der Waals surface area contributed by atoms with E-state index in [9.17, 15) is 4.79 Å². The number of carbonyl (C=O) groups is 1. The molecule has 1 fully saturated rings. The normalized spacial score (nSPS) is 16.9. The van der Waals surface area contributed by atoms with E-state index in [0.717, 1.165) is 31.4 Å². The molecule has 1 aliphatic carbocycles. The quantitative estimate of drug-likeness (QED) is 0.877. The zero-order chi connectivity index (χ0) is 16.0. The van der Waals surface area contributed by atoms with Crippen LogP contribution in [-0.4, -0.2) is 31.1 Å². The lowest BCUT2D eigenvalue weighted by molar-refractivity contribution is -0.124. The molecule has 1 saturated carbocycles. The summed E-state index contributed by atoms with van der Waals surface area (Å²) in [5.41, 5.74) is 0.834. The van der Waals surface area contributed by atoms with Crippen molar-refractivity contribution in [3.05, 3.63) is 36.4 Å². The summed E-state index contributed by atoms with van der Waals surface area (Å²) in [6, 6.07) is 5.71. The van der Waals surface area contributed by atoms with Crippen LogP contribution in [0.1, 0.15) is 44.2 Å². The lowest BCUT2D eigenvalue weighted by atomic mass is 9.71. The van der Waals surface area contributed by atoms with Crippen molar-refractivity contribution in [3.63, 3.8) is 0 Å².